The lowest BCUT2D eigenvalue weighted by Crippen LogP contribution is -2.18. The van der Waals surface area contributed by atoms with E-state index in [1.807, 2.05) is 30.3 Å². The standard InChI is InChI=1S/C18H16BrClN4O/c19-14-3-1-12(2-4-14)7-8-23-11-13(10-21)18(25)24-15-5-6-17(22)16(20)9-15/h1-6,9,11,23H,7-8,22H2,(H,24,25)/b13-11-. The van der Waals surface area contributed by atoms with Gasteiger partial charge in [-0.3, -0.25) is 4.79 Å². The van der Waals surface area contributed by atoms with Gasteiger partial charge in [0.15, 0.2) is 0 Å². The van der Waals surface area contributed by atoms with Crippen LogP contribution in [-0.2, 0) is 11.2 Å². The molecule has 0 fully saturated rings. The largest absolute Gasteiger partial charge is 0.398 e. The summed E-state index contributed by atoms with van der Waals surface area (Å²) in [5.41, 5.74) is 7.65. The fourth-order valence-corrected chi connectivity index (χ4v) is 2.44. The van der Waals surface area contributed by atoms with E-state index in [2.05, 4.69) is 26.6 Å². The lowest BCUT2D eigenvalue weighted by atomic mass is 10.1. The number of nitrogens with zero attached hydrogens (tertiary/aromatic N) is 1. The number of hydrogen-bond acceptors (Lipinski definition) is 4. The highest BCUT2D eigenvalue weighted by molar-refractivity contribution is 9.10. The third-order valence-electron chi connectivity index (χ3n) is 3.34. The zero-order valence-electron chi connectivity index (χ0n) is 13.2. The molecule has 0 aliphatic rings. The number of nitrogens with one attached hydrogen (secondary N) is 2. The zero-order chi connectivity index (χ0) is 18.2. The number of nitriles is 1. The van der Waals surface area contributed by atoms with Gasteiger partial charge in [-0.2, -0.15) is 5.26 Å². The van der Waals surface area contributed by atoms with Crippen molar-refractivity contribution in [3.63, 3.8) is 0 Å². The molecule has 128 valence electrons. The van der Waals surface area contributed by atoms with Crippen molar-refractivity contribution in [1.82, 2.24) is 5.32 Å². The lowest BCUT2D eigenvalue weighted by molar-refractivity contribution is -0.112. The van der Waals surface area contributed by atoms with Crippen molar-refractivity contribution < 1.29 is 4.79 Å². The van der Waals surface area contributed by atoms with Gasteiger partial charge in [-0.1, -0.05) is 39.7 Å². The molecule has 0 atom stereocenters. The number of carbonyl (C=O) groups is 1. The molecule has 0 bridgehead atoms. The van der Waals surface area contributed by atoms with Gasteiger partial charge in [-0.15, -0.1) is 0 Å². The molecule has 0 radical (unpaired) electrons. The van der Waals surface area contributed by atoms with Crippen LogP contribution < -0.4 is 16.4 Å². The van der Waals surface area contributed by atoms with Crippen LogP contribution in [0.1, 0.15) is 5.56 Å². The molecule has 0 aliphatic carbocycles. The highest BCUT2D eigenvalue weighted by atomic mass is 79.9. The summed E-state index contributed by atoms with van der Waals surface area (Å²) >= 11 is 9.30. The topological polar surface area (TPSA) is 90.9 Å². The van der Waals surface area contributed by atoms with E-state index in [1.165, 1.54) is 12.3 Å². The number of hydrogen-bond donors (Lipinski definition) is 3. The fraction of sp³-hybridized carbons (Fsp3) is 0.111. The number of nitrogens with two attached hydrogens (primary N) is 1. The molecule has 0 saturated heterocycles. The predicted molar refractivity (Wildman–Crippen MR) is 104 cm³/mol. The van der Waals surface area contributed by atoms with Gasteiger partial charge < -0.3 is 16.4 Å². The Hall–Kier alpha value is -2.49. The molecule has 25 heavy (non-hydrogen) atoms. The second-order valence-corrected chi connectivity index (χ2v) is 6.51. The Labute approximate surface area is 159 Å². The zero-order valence-corrected chi connectivity index (χ0v) is 15.6. The first-order valence-electron chi connectivity index (χ1n) is 7.44. The van der Waals surface area contributed by atoms with E-state index in [1.54, 1.807) is 12.1 Å². The molecule has 0 heterocycles. The van der Waals surface area contributed by atoms with Crippen molar-refractivity contribution in [3.8, 4) is 6.07 Å². The third kappa shape index (κ3) is 5.82. The molecular formula is C18H16BrClN4O. The van der Waals surface area contributed by atoms with Crippen molar-refractivity contribution in [1.29, 1.82) is 5.26 Å². The van der Waals surface area contributed by atoms with Crippen LogP contribution in [0, 0.1) is 11.3 Å². The number of amides is 1. The summed E-state index contributed by atoms with van der Waals surface area (Å²) in [5, 5.41) is 15.1. The quantitative estimate of drug-likeness (QED) is 0.287. The Kier molecular flexibility index (Phi) is 6.87. The van der Waals surface area contributed by atoms with Crippen molar-refractivity contribution in [2.45, 2.75) is 6.42 Å². The average molecular weight is 420 g/mol. The molecule has 2 aromatic rings. The Morgan fingerprint density at radius 2 is 2.00 bits per heavy atom. The number of halogens is 2. The van der Waals surface area contributed by atoms with Crippen LogP contribution in [0.25, 0.3) is 0 Å². The maximum atomic E-state index is 12.1. The summed E-state index contributed by atoms with van der Waals surface area (Å²) in [6.45, 7) is 0.605. The van der Waals surface area contributed by atoms with Crippen LogP contribution in [0.4, 0.5) is 11.4 Å². The molecule has 0 aliphatic heterocycles. The number of anilines is 2. The summed E-state index contributed by atoms with van der Waals surface area (Å²) in [7, 11) is 0. The summed E-state index contributed by atoms with van der Waals surface area (Å²) in [6, 6.07) is 14.6. The first-order chi connectivity index (χ1) is 12.0. The number of rotatable bonds is 6. The van der Waals surface area contributed by atoms with E-state index in [0.717, 1.165) is 16.5 Å². The van der Waals surface area contributed by atoms with Crippen LogP contribution in [0.5, 0.6) is 0 Å². The molecule has 2 aromatic carbocycles. The van der Waals surface area contributed by atoms with Crippen LogP contribution in [-0.4, -0.2) is 12.5 Å². The van der Waals surface area contributed by atoms with Crippen molar-refractivity contribution in [2.24, 2.45) is 0 Å². The van der Waals surface area contributed by atoms with E-state index in [0.29, 0.717) is 22.9 Å². The Bertz CT molecular complexity index is 828. The van der Waals surface area contributed by atoms with Crippen LogP contribution >= 0.6 is 27.5 Å². The molecule has 0 spiro atoms. The van der Waals surface area contributed by atoms with Crippen LogP contribution in [0.15, 0.2) is 58.7 Å². The summed E-state index contributed by atoms with van der Waals surface area (Å²) in [6.07, 6.45) is 2.19. The molecule has 1 amide bonds. The van der Waals surface area contributed by atoms with E-state index in [9.17, 15) is 4.79 Å². The molecule has 2 rings (SSSR count). The van der Waals surface area contributed by atoms with Crippen LogP contribution in [0.3, 0.4) is 0 Å². The first-order valence-corrected chi connectivity index (χ1v) is 8.61. The second kappa shape index (κ2) is 9.11. The van der Waals surface area contributed by atoms with Gasteiger partial charge in [0.05, 0.1) is 10.7 Å². The molecule has 4 N–H and O–H groups in total. The van der Waals surface area contributed by atoms with Gasteiger partial charge >= 0.3 is 0 Å². The van der Waals surface area contributed by atoms with Gasteiger partial charge in [-0.25, -0.2) is 0 Å². The van der Waals surface area contributed by atoms with Gasteiger partial charge in [0.2, 0.25) is 0 Å². The smallest absolute Gasteiger partial charge is 0.267 e. The molecule has 0 aromatic heterocycles. The molecule has 0 saturated carbocycles. The maximum Gasteiger partial charge on any atom is 0.267 e. The van der Waals surface area contributed by atoms with Crippen molar-refractivity contribution in [3.05, 3.63) is 69.3 Å². The Balaban J connectivity index is 1.90. The van der Waals surface area contributed by atoms with Crippen molar-refractivity contribution in [2.75, 3.05) is 17.6 Å². The Morgan fingerprint density at radius 1 is 1.28 bits per heavy atom. The number of carbonyl (C=O) groups excluding carboxylic acids is 1. The normalized spacial score (nSPS) is 10.8. The molecule has 0 unspecified atom stereocenters. The molecular weight excluding hydrogens is 404 g/mol. The molecule has 5 nitrogen and oxygen atoms in total. The third-order valence-corrected chi connectivity index (χ3v) is 4.20. The highest BCUT2D eigenvalue weighted by Crippen LogP contribution is 2.22. The van der Waals surface area contributed by atoms with Gasteiger partial charge in [0.25, 0.3) is 5.91 Å². The minimum Gasteiger partial charge on any atom is -0.398 e. The monoisotopic (exact) mass is 418 g/mol. The van der Waals surface area contributed by atoms with Gasteiger partial charge in [-0.05, 0) is 42.3 Å². The second-order valence-electron chi connectivity index (χ2n) is 5.19. The molecule has 7 heteroatoms. The summed E-state index contributed by atoms with van der Waals surface area (Å²) in [4.78, 5) is 12.1. The summed E-state index contributed by atoms with van der Waals surface area (Å²) < 4.78 is 1.02. The predicted octanol–water partition coefficient (Wildman–Crippen LogP) is 3.86. The maximum absolute atomic E-state index is 12.1. The van der Waals surface area contributed by atoms with Gasteiger partial charge in [0, 0.05) is 22.9 Å². The SMILES string of the molecule is N#C/C(=C/NCCc1ccc(Br)cc1)C(=O)Nc1ccc(N)c(Cl)c1. The summed E-state index contributed by atoms with van der Waals surface area (Å²) in [5.74, 6) is -0.514. The number of nitrogen functional groups attached to an aromatic ring is 1. The highest BCUT2D eigenvalue weighted by Gasteiger charge is 2.10. The fourth-order valence-electron chi connectivity index (χ4n) is 1.99. The number of benzene rings is 2. The first kappa shape index (κ1) is 18.8. The van der Waals surface area contributed by atoms with E-state index in [4.69, 9.17) is 22.6 Å². The van der Waals surface area contributed by atoms with E-state index >= 15 is 0 Å². The average Bonchev–Trinajstić information content (AvgIpc) is 2.59. The van der Waals surface area contributed by atoms with Crippen LogP contribution in [0.2, 0.25) is 5.02 Å². The minimum atomic E-state index is -0.514. The van der Waals surface area contributed by atoms with E-state index in [-0.39, 0.29) is 5.57 Å². The van der Waals surface area contributed by atoms with Gasteiger partial charge in [0.1, 0.15) is 11.6 Å². The lowest BCUT2D eigenvalue weighted by Gasteiger charge is -2.07. The van der Waals surface area contributed by atoms with E-state index < -0.39 is 5.91 Å². The minimum absolute atomic E-state index is 0.0243. The Morgan fingerprint density at radius 3 is 2.64 bits per heavy atom. The van der Waals surface area contributed by atoms with Crippen molar-refractivity contribution >= 4 is 44.8 Å².